The predicted molar refractivity (Wildman–Crippen MR) is 126 cm³/mol. The number of hydrogen-bond donors (Lipinski definition) is 2. The van der Waals surface area contributed by atoms with Gasteiger partial charge < -0.3 is 20.1 Å². The average Bonchev–Trinajstić information content (AvgIpc) is 3.20. The molecule has 2 amide bonds. The summed E-state index contributed by atoms with van der Waals surface area (Å²) in [6, 6.07) is 17.8. The Balaban J connectivity index is 1.51. The van der Waals surface area contributed by atoms with Crippen LogP contribution in [0.1, 0.15) is 17.2 Å². The van der Waals surface area contributed by atoms with Gasteiger partial charge in [-0.15, -0.1) is 0 Å². The van der Waals surface area contributed by atoms with Gasteiger partial charge in [0.15, 0.2) is 0 Å². The van der Waals surface area contributed by atoms with E-state index in [0.29, 0.717) is 12.3 Å². The standard InChI is InChI=1S/C25H30N4O3/c1-17-22(14-19-21(26-17)10-7-11-24(19)32-3)27-25(30)28-23-16-29(12-13-31-2)15-20(23)18-8-5-4-6-9-18/h4-11,14,20,23H,12-13,15-16H2,1-3H3,(H2,27,28,30)/t20-,23+/m0/s1. The van der Waals surface area contributed by atoms with Crippen LogP contribution in [0.5, 0.6) is 5.75 Å². The fourth-order valence-corrected chi connectivity index (χ4v) is 4.37. The van der Waals surface area contributed by atoms with Crippen LogP contribution < -0.4 is 15.4 Å². The van der Waals surface area contributed by atoms with E-state index in [-0.39, 0.29) is 18.0 Å². The highest BCUT2D eigenvalue weighted by Gasteiger charge is 2.34. The van der Waals surface area contributed by atoms with Crippen LogP contribution in [0, 0.1) is 6.92 Å². The minimum atomic E-state index is -0.233. The minimum Gasteiger partial charge on any atom is -0.496 e. The van der Waals surface area contributed by atoms with Gasteiger partial charge in [-0.3, -0.25) is 9.88 Å². The first-order chi connectivity index (χ1) is 15.6. The topological polar surface area (TPSA) is 75.7 Å². The highest BCUT2D eigenvalue weighted by atomic mass is 16.5. The van der Waals surface area contributed by atoms with Crippen LogP contribution in [0.15, 0.2) is 54.6 Å². The first-order valence-electron chi connectivity index (χ1n) is 10.9. The minimum absolute atomic E-state index is 0.00230. The summed E-state index contributed by atoms with van der Waals surface area (Å²) >= 11 is 0. The zero-order valence-electron chi connectivity index (χ0n) is 18.8. The molecule has 0 saturated carbocycles. The Labute approximate surface area is 188 Å². The molecule has 2 heterocycles. The van der Waals surface area contributed by atoms with E-state index in [1.54, 1.807) is 14.2 Å². The molecule has 0 radical (unpaired) electrons. The number of fused-ring (bicyclic) bond motifs is 1. The van der Waals surface area contributed by atoms with Crippen molar-refractivity contribution in [2.75, 3.05) is 45.8 Å². The number of ether oxygens (including phenoxy) is 2. The number of anilines is 1. The lowest BCUT2D eigenvalue weighted by Crippen LogP contribution is -2.42. The molecule has 168 valence electrons. The van der Waals surface area contributed by atoms with Crippen LogP contribution in [0.25, 0.3) is 10.9 Å². The molecule has 32 heavy (non-hydrogen) atoms. The number of nitrogens with zero attached hydrogens (tertiary/aromatic N) is 2. The largest absolute Gasteiger partial charge is 0.496 e. The number of aryl methyl sites for hydroxylation is 1. The zero-order chi connectivity index (χ0) is 22.5. The molecule has 2 N–H and O–H groups in total. The molecular weight excluding hydrogens is 404 g/mol. The molecule has 0 aliphatic carbocycles. The number of likely N-dealkylation sites (tertiary alicyclic amines) is 1. The van der Waals surface area contributed by atoms with E-state index in [4.69, 9.17) is 9.47 Å². The number of benzene rings is 2. The van der Waals surface area contributed by atoms with E-state index in [9.17, 15) is 4.79 Å². The first kappa shape index (κ1) is 22.0. The number of urea groups is 1. The molecule has 7 nitrogen and oxygen atoms in total. The van der Waals surface area contributed by atoms with Crippen molar-refractivity contribution in [2.24, 2.45) is 0 Å². The molecule has 3 aromatic rings. The number of carbonyl (C=O) groups excluding carboxylic acids is 1. The van der Waals surface area contributed by atoms with Crippen LogP contribution in [0.2, 0.25) is 0 Å². The van der Waals surface area contributed by atoms with Crippen molar-refractivity contribution in [3.63, 3.8) is 0 Å². The van der Waals surface area contributed by atoms with Crippen molar-refractivity contribution in [3.8, 4) is 5.75 Å². The highest BCUT2D eigenvalue weighted by molar-refractivity contribution is 5.95. The molecule has 1 saturated heterocycles. The van der Waals surface area contributed by atoms with Gasteiger partial charge >= 0.3 is 6.03 Å². The van der Waals surface area contributed by atoms with Crippen LogP contribution >= 0.6 is 0 Å². The maximum Gasteiger partial charge on any atom is 0.319 e. The van der Waals surface area contributed by atoms with Crippen LogP contribution in [-0.4, -0.2) is 62.4 Å². The summed E-state index contributed by atoms with van der Waals surface area (Å²) in [6.07, 6.45) is 0. The van der Waals surface area contributed by atoms with Crippen LogP contribution in [0.4, 0.5) is 10.5 Å². The van der Waals surface area contributed by atoms with E-state index in [0.717, 1.165) is 42.0 Å². The zero-order valence-corrected chi connectivity index (χ0v) is 18.8. The molecule has 1 fully saturated rings. The fourth-order valence-electron chi connectivity index (χ4n) is 4.37. The number of nitrogens with one attached hydrogen (secondary N) is 2. The Hall–Kier alpha value is -3.16. The quantitative estimate of drug-likeness (QED) is 0.592. The Morgan fingerprint density at radius 3 is 2.69 bits per heavy atom. The SMILES string of the molecule is COCCN1C[C@@H](NC(=O)Nc2cc3c(OC)cccc3nc2C)[C@H](c2ccccc2)C1. The molecule has 0 spiro atoms. The summed E-state index contributed by atoms with van der Waals surface area (Å²) in [6.45, 7) is 5.06. The third-order valence-corrected chi connectivity index (χ3v) is 6.03. The average molecular weight is 435 g/mol. The number of methoxy groups -OCH3 is 2. The number of carbonyl (C=O) groups is 1. The Morgan fingerprint density at radius 2 is 1.94 bits per heavy atom. The van der Waals surface area contributed by atoms with Crippen LogP contribution in [0.3, 0.4) is 0 Å². The number of hydrogen-bond acceptors (Lipinski definition) is 5. The summed E-state index contributed by atoms with van der Waals surface area (Å²) in [5.74, 6) is 0.946. The Bertz CT molecular complexity index is 1070. The van der Waals surface area contributed by atoms with E-state index in [2.05, 4.69) is 32.7 Å². The summed E-state index contributed by atoms with van der Waals surface area (Å²) in [5.41, 5.74) is 3.49. The second-order valence-corrected chi connectivity index (χ2v) is 8.12. The lowest BCUT2D eigenvalue weighted by molar-refractivity contribution is 0.159. The lowest BCUT2D eigenvalue weighted by Gasteiger charge is -2.21. The Morgan fingerprint density at radius 1 is 1.12 bits per heavy atom. The maximum absolute atomic E-state index is 13.0. The fraction of sp³-hybridized carbons (Fsp3) is 0.360. The second kappa shape index (κ2) is 9.97. The van der Waals surface area contributed by atoms with Crippen molar-refractivity contribution >= 4 is 22.6 Å². The molecule has 1 aliphatic rings. The molecule has 4 rings (SSSR count). The van der Waals surface area contributed by atoms with Gasteiger partial charge in [0.05, 0.1) is 36.7 Å². The van der Waals surface area contributed by atoms with Gasteiger partial charge in [-0.2, -0.15) is 0 Å². The molecule has 2 atom stereocenters. The third kappa shape index (κ3) is 4.84. The molecule has 0 bridgehead atoms. The summed E-state index contributed by atoms with van der Waals surface area (Å²) in [4.78, 5) is 20.0. The van der Waals surface area contributed by atoms with Gasteiger partial charge in [0.2, 0.25) is 0 Å². The Kier molecular flexibility index (Phi) is 6.87. The van der Waals surface area contributed by atoms with Gasteiger partial charge in [0.25, 0.3) is 0 Å². The van der Waals surface area contributed by atoms with Crippen molar-refractivity contribution < 1.29 is 14.3 Å². The smallest absolute Gasteiger partial charge is 0.319 e. The number of amides is 2. The summed E-state index contributed by atoms with van der Waals surface area (Å²) in [5, 5.41) is 7.06. The van der Waals surface area contributed by atoms with E-state index < -0.39 is 0 Å². The molecule has 1 aliphatic heterocycles. The van der Waals surface area contributed by atoms with Gasteiger partial charge in [-0.1, -0.05) is 36.4 Å². The third-order valence-electron chi connectivity index (χ3n) is 6.03. The monoisotopic (exact) mass is 434 g/mol. The van der Waals surface area contributed by atoms with Crippen molar-refractivity contribution in [3.05, 3.63) is 65.9 Å². The molecule has 2 aromatic carbocycles. The molecular formula is C25H30N4O3. The summed E-state index contributed by atoms with van der Waals surface area (Å²) in [7, 11) is 3.34. The van der Waals surface area contributed by atoms with E-state index in [1.807, 2.05) is 49.4 Å². The predicted octanol–water partition coefficient (Wildman–Crippen LogP) is 3.79. The van der Waals surface area contributed by atoms with Crippen molar-refractivity contribution in [1.82, 2.24) is 15.2 Å². The van der Waals surface area contributed by atoms with Crippen LogP contribution in [-0.2, 0) is 4.74 Å². The number of rotatable bonds is 7. The summed E-state index contributed by atoms with van der Waals surface area (Å²) < 4.78 is 10.7. The van der Waals surface area contributed by atoms with E-state index in [1.165, 1.54) is 5.56 Å². The lowest BCUT2D eigenvalue weighted by atomic mass is 9.94. The normalized spacial score (nSPS) is 18.6. The highest BCUT2D eigenvalue weighted by Crippen LogP contribution is 2.29. The van der Waals surface area contributed by atoms with Gasteiger partial charge in [-0.25, -0.2) is 4.79 Å². The maximum atomic E-state index is 13.0. The number of aromatic nitrogens is 1. The molecule has 0 unspecified atom stereocenters. The number of pyridine rings is 1. The van der Waals surface area contributed by atoms with Crippen molar-refractivity contribution in [2.45, 2.75) is 18.9 Å². The second-order valence-electron chi connectivity index (χ2n) is 8.12. The van der Waals surface area contributed by atoms with Gasteiger partial charge in [0, 0.05) is 38.0 Å². The first-order valence-corrected chi connectivity index (χ1v) is 10.9. The van der Waals surface area contributed by atoms with Gasteiger partial charge in [0.1, 0.15) is 5.75 Å². The molecule has 1 aromatic heterocycles. The van der Waals surface area contributed by atoms with E-state index >= 15 is 0 Å². The van der Waals surface area contributed by atoms with Gasteiger partial charge in [-0.05, 0) is 30.7 Å². The molecule has 7 heteroatoms. The van der Waals surface area contributed by atoms with Crippen molar-refractivity contribution in [1.29, 1.82) is 0 Å².